The zero-order valence-corrected chi connectivity index (χ0v) is 23.9. The van der Waals surface area contributed by atoms with Crippen molar-refractivity contribution in [2.45, 2.75) is 39.3 Å². The maximum Gasteiger partial charge on any atom is 0.410 e. The summed E-state index contributed by atoms with van der Waals surface area (Å²) in [5.74, 6) is 0.210. The Morgan fingerprint density at radius 3 is 2.38 bits per heavy atom. The summed E-state index contributed by atoms with van der Waals surface area (Å²) in [5.41, 5.74) is 2.86. The number of thiazole rings is 1. The quantitative estimate of drug-likeness (QED) is 0.283. The number of nitrogens with one attached hydrogen (secondary N) is 1. The van der Waals surface area contributed by atoms with E-state index in [1.54, 1.807) is 23.2 Å². The first-order valence-electron chi connectivity index (χ1n) is 13.3. The van der Waals surface area contributed by atoms with E-state index in [2.05, 4.69) is 34.3 Å². The molecule has 1 N–H and O–H groups in total. The number of carbonyl (C=O) groups excluding carboxylic acids is 1. The number of hydrogen-bond donors (Lipinski definition) is 1. The molecule has 0 unspecified atom stereocenters. The van der Waals surface area contributed by atoms with Gasteiger partial charge in [0, 0.05) is 37.9 Å². The van der Waals surface area contributed by atoms with E-state index in [1.165, 1.54) is 23.5 Å². The van der Waals surface area contributed by atoms with Crippen molar-refractivity contribution >= 4 is 28.5 Å². The van der Waals surface area contributed by atoms with Gasteiger partial charge in [-0.1, -0.05) is 41.7 Å². The molecule has 1 aliphatic rings. The van der Waals surface area contributed by atoms with Crippen LogP contribution in [-0.2, 0) is 4.74 Å². The van der Waals surface area contributed by atoms with Crippen molar-refractivity contribution in [3.63, 3.8) is 0 Å². The highest BCUT2D eigenvalue weighted by Gasteiger charge is 2.28. The molecule has 208 valence electrons. The Bertz CT molecular complexity index is 1450. The zero-order chi connectivity index (χ0) is 28.3. The Hall–Kier alpha value is -4.05. The summed E-state index contributed by atoms with van der Waals surface area (Å²) >= 11 is 1.53. The van der Waals surface area contributed by atoms with Crippen molar-refractivity contribution in [2.75, 3.05) is 36.4 Å². The summed E-state index contributed by atoms with van der Waals surface area (Å²) in [6.45, 7) is 9.99. The minimum absolute atomic E-state index is 0.0197. The molecular formula is C30H33FN6O2S. The maximum absolute atomic E-state index is 13.7. The summed E-state index contributed by atoms with van der Waals surface area (Å²) in [6, 6.07) is 18.3. The molecule has 0 spiro atoms. The van der Waals surface area contributed by atoms with Crippen molar-refractivity contribution in [3.05, 3.63) is 78.2 Å². The molecule has 1 amide bonds. The van der Waals surface area contributed by atoms with E-state index in [-0.39, 0.29) is 18.0 Å². The van der Waals surface area contributed by atoms with Crippen LogP contribution in [0.1, 0.15) is 39.3 Å². The van der Waals surface area contributed by atoms with E-state index >= 15 is 0 Å². The van der Waals surface area contributed by atoms with Crippen molar-refractivity contribution in [2.24, 2.45) is 0 Å². The number of benzene rings is 2. The summed E-state index contributed by atoms with van der Waals surface area (Å²) in [5, 5.41) is 4.21. The van der Waals surface area contributed by atoms with E-state index in [4.69, 9.17) is 14.7 Å². The molecule has 0 aliphatic carbocycles. The van der Waals surface area contributed by atoms with Gasteiger partial charge in [0.25, 0.3) is 0 Å². The van der Waals surface area contributed by atoms with Crippen LogP contribution in [-0.4, -0.2) is 57.7 Å². The first-order valence-corrected chi connectivity index (χ1v) is 14.1. The van der Waals surface area contributed by atoms with Crippen LogP contribution in [0.2, 0.25) is 0 Å². The maximum atomic E-state index is 13.7. The monoisotopic (exact) mass is 560 g/mol. The van der Waals surface area contributed by atoms with Crippen LogP contribution in [0, 0.1) is 5.82 Å². The molecule has 10 heteroatoms. The van der Waals surface area contributed by atoms with Crippen LogP contribution in [0.5, 0.6) is 0 Å². The second-order valence-corrected chi connectivity index (χ2v) is 11.7. The van der Waals surface area contributed by atoms with Gasteiger partial charge in [-0.2, -0.15) is 0 Å². The first kappa shape index (κ1) is 27.5. The van der Waals surface area contributed by atoms with Gasteiger partial charge in [0.1, 0.15) is 11.4 Å². The molecule has 0 bridgehead atoms. The van der Waals surface area contributed by atoms with Gasteiger partial charge in [-0.05, 0) is 63.6 Å². The smallest absolute Gasteiger partial charge is 0.410 e. The summed E-state index contributed by atoms with van der Waals surface area (Å²) in [4.78, 5) is 31.6. The second kappa shape index (κ2) is 11.6. The minimum atomic E-state index is -0.535. The van der Waals surface area contributed by atoms with Gasteiger partial charge < -0.3 is 19.9 Å². The molecule has 3 heterocycles. The molecule has 2 aromatic carbocycles. The Morgan fingerprint density at radius 2 is 1.70 bits per heavy atom. The molecule has 0 saturated carbocycles. The minimum Gasteiger partial charge on any atom is -0.444 e. The van der Waals surface area contributed by atoms with Gasteiger partial charge >= 0.3 is 6.09 Å². The number of rotatable bonds is 6. The molecule has 0 radical (unpaired) electrons. The lowest BCUT2D eigenvalue weighted by Gasteiger charge is -2.35. The molecule has 1 aliphatic heterocycles. The molecule has 1 saturated heterocycles. The largest absolute Gasteiger partial charge is 0.444 e. The summed E-state index contributed by atoms with van der Waals surface area (Å²) < 4.78 is 19.3. The highest BCUT2D eigenvalue weighted by Crippen LogP contribution is 2.40. The van der Waals surface area contributed by atoms with Gasteiger partial charge in [0.15, 0.2) is 5.13 Å². The SMILES string of the molecule is C[C@H](Nc1nccc(-c2sc(N3CCN(C(=O)OC(C)(C)C)CC3)nc2-c2ccc(F)cc2)n1)c1ccccc1. The zero-order valence-electron chi connectivity index (χ0n) is 23.1. The topological polar surface area (TPSA) is 83.5 Å². The highest BCUT2D eigenvalue weighted by atomic mass is 32.1. The van der Waals surface area contributed by atoms with E-state index in [1.807, 2.05) is 45.0 Å². The van der Waals surface area contributed by atoms with Gasteiger partial charge in [0.2, 0.25) is 5.95 Å². The highest BCUT2D eigenvalue weighted by molar-refractivity contribution is 7.19. The van der Waals surface area contributed by atoms with E-state index < -0.39 is 5.60 Å². The lowest BCUT2D eigenvalue weighted by Crippen LogP contribution is -2.50. The lowest BCUT2D eigenvalue weighted by atomic mass is 10.1. The number of ether oxygens (including phenoxy) is 1. The Balaban J connectivity index is 1.41. The molecule has 2 aromatic heterocycles. The average molecular weight is 561 g/mol. The van der Waals surface area contributed by atoms with Gasteiger partial charge in [-0.15, -0.1) is 0 Å². The Morgan fingerprint density at radius 1 is 1.00 bits per heavy atom. The van der Waals surface area contributed by atoms with Crippen molar-refractivity contribution < 1.29 is 13.9 Å². The Labute approximate surface area is 237 Å². The lowest BCUT2D eigenvalue weighted by molar-refractivity contribution is 0.0240. The van der Waals surface area contributed by atoms with Crippen molar-refractivity contribution in [3.8, 4) is 21.8 Å². The van der Waals surface area contributed by atoms with Crippen molar-refractivity contribution in [1.29, 1.82) is 0 Å². The standard InChI is InChI=1S/C30H33FN6O2S/c1-20(21-8-6-5-7-9-21)33-27-32-15-14-24(34-27)26-25(22-10-12-23(31)13-11-22)35-28(40-26)36-16-18-37(19-17-36)29(38)39-30(2,3)4/h5-15,20H,16-19H2,1-4H3,(H,32,33,34)/t20-/m0/s1. The number of aromatic nitrogens is 3. The van der Waals surface area contributed by atoms with Crippen LogP contribution in [0.3, 0.4) is 0 Å². The fourth-order valence-electron chi connectivity index (χ4n) is 4.40. The van der Waals surface area contributed by atoms with E-state index in [9.17, 15) is 9.18 Å². The first-order chi connectivity index (χ1) is 19.2. The number of piperazine rings is 1. The Kier molecular flexibility index (Phi) is 7.97. The van der Waals surface area contributed by atoms with Gasteiger partial charge in [0.05, 0.1) is 22.3 Å². The third kappa shape index (κ3) is 6.56. The predicted octanol–water partition coefficient (Wildman–Crippen LogP) is 6.64. The molecule has 8 nitrogen and oxygen atoms in total. The third-order valence-electron chi connectivity index (χ3n) is 6.47. The molecule has 5 rings (SSSR count). The number of anilines is 2. The predicted molar refractivity (Wildman–Crippen MR) is 157 cm³/mol. The fourth-order valence-corrected chi connectivity index (χ4v) is 5.51. The fraction of sp³-hybridized carbons (Fsp3) is 0.333. The number of halogens is 1. The second-order valence-electron chi connectivity index (χ2n) is 10.7. The number of amides is 1. The number of nitrogens with zero attached hydrogens (tertiary/aromatic N) is 5. The summed E-state index contributed by atoms with van der Waals surface area (Å²) in [6.07, 6.45) is 1.43. The van der Waals surface area contributed by atoms with Crippen LogP contribution in [0.4, 0.5) is 20.3 Å². The van der Waals surface area contributed by atoms with Gasteiger partial charge in [-0.3, -0.25) is 0 Å². The number of hydrogen-bond acceptors (Lipinski definition) is 8. The summed E-state index contributed by atoms with van der Waals surface area (Å²) in [7, 11) is 0. The van der Waals surface area contributed by atoms with Crippen LogP contribution >= 0.6 is 11.3 Å². The number of carbonyl (C=O) groups is 1. The molecule has 1 fully saturated rings. The molecule has 4 aromatic rings. The van der Waals surface area contributed by atoms with Crippen molar-refractivity contribution in [1.82, 2.24) is 19.9 Å². The third-order valence-corrected chi connectivity index (χ3v) is 7.61. The average Bonchev–Trinajstić information content (AvgIpc) is 3.39. The van der Waals surface area contributed by atoms with E-state index in [0.29, 0.717) is 32.1 Å². The van der Waals surface area contributed by atoms with Crippen LogP contribution in [0.25, 0.3) is 21.8 Å². The van der Waals surface area contributed by atoms with Crippen LogP contribution < -0.4 is 10.2 Å². The molecule has 40 heavy (non-hydrogen) atoms. The van der Waals surface area contributed by atoms with E-state index in [0.717, 1.165) is 32.5 Å². The van der Waals surface area contributed by atoms with Crippen LogP contribution in [0.15, 0.2) is 66.9 Å². The molecule has 1 atom stereocenters. The normalized spacial score (nSPS) is 14.6. The molecular weight excluding hydrogens is 527 g/mol. The van der Waals surface area contributed by atoms with Gasteiger partial charge in [-0.25, -0.2) is 24.1 Å².